The highest BCUT2D eigenvalue weighted by Crippen LogP contribution is 2.34. The number of carbonyl (C=O) groups is 2. The zero-order valence-electron chi connectivity index (χ0n) is 15.9. The Morgan fingerprint density at radius 2 is 1.32 bits per heavy atom. The fraction of sp³-hybridized carbons (Fsp3) is 0.143. The Kier molecular flexibility index (Phi) is 4.32. The number of hydrogen-bond donors (Lipinski definition) is 4. The molecule has 1 fully saturated rings. The predicted molar refractivity (Wildman–Crippen MR) is 117 cm³/mol. The zero-order chi connectivity index (χ0) is 21.9. The van der Waals surface area contributed by atoms with Crippen LogP contribution in [0.15, 0.2) is 48.8 Å². The summed E-state index contributed by atoms with van der Waals surface area (Å²) in [4.78, 5) is 24.9. The predicted octanol–water partition coefficient (Wildman–Crippen LogP) is 3.59. The van der Waals surface area contributed by atoms with Crippen LogP contribution in [0.4, 0.5) is 4.79 Å². The zero-order valence-corrected chi connectivity index (χ0v) is 17.4. The number of imide groups is 1. The number of rotatable bonds is 4. The second kappa shape index (κ2) is 6.83. The van der Waals surface area contributed by atoms with Crippen LogP contribution in [0.2, 0.25) is 10.0 Å². The summed E-state index contributed by atoms with van der Waals surface area (Å²) in [6.45, 7) is -0.144. The van der Waals surface area contributed by atoms with Gasteiger partial charge in [0.2, 0.25) is 0 Å². The molecule has 1 aliphatic heterocycles. The van der Waals surface area contributed by atoms with E-state index < -0.39 is 17.5 Å². The number of hydrogen-bond acceptors (Lipinski definition) is 4. The van der Waals surface area contributed by atoms with E-state index in [0.29, 0.717) is 31.6 Å². The van der Waals surface area contributed by atoms with E-state index >= 15 is 0 Å². The summed E-state index contributed by atoms with van der Waals surface area (Å²) < 4.78 is 2.95. The Balaban J connectivity index is 1.58. The van der Waals surface area contributed by atoms with Gasteiger partial charge in [-0.05, 0) is 36.4 Å². The van der Waals surface area contributed by atoms with Crippen LogP contribution in [-0.4, -0.2) is 36.8 Å². The smallest absolute Gasteiger partial charge is 0.322 e. The average molecular weight is 459 g/mol. The molecule has 4 N–H and O–H groups in total. The first-order valence-electron chi connectivity index (χ1n) is 9.34. The lowest BCUT2D eigenvalue weighted by molar-refractivity contribution is -0.125. The summed E-state index contributed by atoms with van der Waals surface area (Å²) in [5.41, 5.74) is -1.45. The van der Waals surface area contributed by atoms with E-state index in [1.165, 1.54) is 9.13 Å². The minimum absolute atomic E-state index is 0.0614. The molecule has 0 bridgehead atoms. The molecule has 0 atom stereocenters. The molecule has 8 nitrogen and oxygen atoms in total. The number of halogens is 2. The van der Waals surface area contributed by atoms with Crippen molar-refractivity contribution in [3.05, 3.63) is 58.8 Å². The van der Waals surface area contributed by atoms with Crippen LogP contribution in [0, 0.1) is 0 Å². The largest absolute Gasteiger partial charge is 0.494 e. The van der Waals surface area contributed by atoms with E-state index in [1.54, 1.807) is 48.8 Å². The lowest BCUT2D eigenvalue weighted by Gasteiger charge is -2.27. The molecule has 3 amide bonds. The van der Waals surface area contributed by atoms with E-state index in [2.05, 4.69) is 10.6 Å². The number of fused-ring (bicyclic) bond motifs is 2. The molecule has 1 aliphatic rings. The van der Waals surface area contributed by atoms with Crippen molar-refractivity contribution < 1.29 is 19.8 Å². The van der Waals surface area contributed by atoms with Gasteiger partial charge in [0.05, 0.1) is 13.1 Å². The van der Waals surface area contributed by atoms with Gasteiger partial charge in [0.25, 0.3) is 5.91 Å². The third-order valence-corrected chi connectivity index (χ3v) is 6.01. The number of urea groups is 1. The van der Waals surface area contributed by atoms with Gasteiger partial charge in [-0.3, -0.25) is 10.1 Å². The number of nitrogens with zero attached hydrogens (tertiary/aromatic N) is 2. The van der Waals surface area contributed by atoms with E-state index in [1.807, 2.05) is 0 Å². The summed E-state index contributed by atoms with van der Waals surface area (Å²) >= 11 is 12.1. The maximum absolute atomic E-state index is 12.8. The fourth-order valence-corrected chi connectivity index (χ4v) is 4.44. The maximum atomic E-state index is 12.8. The van der Waals surface area contributed by atoms with Crippen LogP contribution in [-0.2, 0) is 17.9 Å². The average Bonchev–Trinajstić information content (AvgIpc) is 3.27. The monoisotopic (exact) mass is 458 g/mol. The van der Waals surface area contributed by atoms with Gasteiger partial charge in [0.15, 0.2) is 17.3 Å². The highest BCUT2D eigenvalue weighted by molar-refractivity contribution is 6.31. The summed E-state index contributed by atoms with van der Waals surface area (Å²) in [5.74, 6) is -0.690. The topological polar surface area (TPSA) is 109 Å². The molecule has 0 radical (unpaired) electrons. The van der Waals surface area contributed by atoms with E-state index in [0.717, 1.165) is 0 Å². The second-order valence-corrected chi connectivity index (χ2v) is 8.49. The SMILES string of the molecule is O=C1NC(=O)C(Cn2cc3cc(Cl)ccc3c2O)(Cn2cc3cc(Cl)ccc3c2O)N1. The Bertz CT molecular complexity index is 1300. The van der Waals surface area contributed by atoms with Crippen molar-refractivity contribution in [3.63, 3.8) is 0 Å². The van der Waals surface area contributed by atoms with Gasteiger partial charge in [-0.1, -0.05) is 23.2 Å². The van der Waals surface area contributed by atoms with Crippen LogP contribution in [0.5, 0.6) is 11.8 Å². The minimum atomic E-state index is -1.45. The molecule has 158 valence electrons. The van der Waals surface area contributed by atoms with E-state index in [4.69, 9.17) is 23.2 Å². The molecule has 2 aromatic carbocycles. The third kappa shape index (κ3) is 3.15. The number of benzene rings is 2. The Labute approximate surface area is 185 Å². The first kappa shape index (κ1) is 19.6. The number of carbonyl (C=O) groups excluding carboxylic acids is 2. The van der Waals surface area contributed by atoms with Gasteiger partial charge in [-0.2, -0.15) is 0 Å². The lowest BCUT2D eigenvalue weighted by Crippen LogP contribution is -2.53. The Morgan fingerprint density at radius 1 is 0.839 bits per heavy atom. The van der Waals surface area contributed by atoms with Crippen molar-refractivity contribution in [2.24, 2.45) is 0 Å². The van der Waals surface area contributed by atoms with Crippen LogP contribution >= 0.6 is 23.2 Å². The highest BCUT2D eigenvalue weighted by atomic mass is 35.5. The molecular weight excluding hydrogens is 443 g/mol. The molecule has 4 aromatic rings. The normalized spacial score (nSPS) is 15.5. The summed E-state index contributed by atoms with van der Waals surface area (Å²) in [6, 6.07) is 9.41. The maximum Gasteiger partial charge on any atom is 0.322 e. The van der Waals surface area contributed by atoms with Crippen molar-refractivity contribution in [1.82, 2.24) is 19.8 Å². The molecule has 3 heterocycles. The minimum Gasteiger partial charge on any atom is -0.494 e. The van der Waals surface area contributed by atoms with Gasteiger partial charge < -0.3 is 24.7 Å². The molecule has 31 heavy (non-hydrogen) atoms. The Hall–Kier alpha value is -3.36. The number of nitrogens with one attached hydrogen (secondary N) is 2. The van der Waals surface area contributed by atoms with Crippen LogP contribution in [0.3, 0.4) is 0 Å². The molecule has 0 spiro atoms. The summed E-state index contributed by atoms with van der Waals surface area (Å²) in [5, 5.41) is 29.8. The highest BCUT2D eigenvalue weighted by Gasteiger charge is 2.47. The van der Waals surface area contributed by atoms with Crippen LogP contribution < -0.4 is 10.6 Å². The first-order valence-corrected chi connectivity index (χ1v) is 10.1. The van der Waals surface area contributed by atoms with Crippen molar-refractivity contribution in [2.75, 3.05) is 0 Å². The van der Waals surface area contributed by atoms with Crippen molar-refractivity contribution in [3.8, 4) is 11.8 Å². The molecule has 0 aliphatic carbocycles. The summed E-state index contributed by atoms with van der Waals surface area (Å²) in [6.07, 6.45) is 3.31. The van der Waals surface area contributed by atoms with Crippen LogP contribution in [0.25, 0.3) is 21.5 Å². The molecule has 1 saturated heterocycles. The number of amides is 3. The van der Waals surface area contributed by atoms with E-state index in [9.17, 15) is 19.8 Å². The summed E-state index contributed by atoms with van der Waals surface area (Å²) in [7, 11) is 0. The van der Waals surface area contributed by atoms with Crippen molar-refractivity contribution in [1.29, 1.82) is 0 Å². The molecule has 5 rings (SSSR count). The van der Waals surface area contributed by atoms with E-state index in [-0.39, 0.29) is 24.8 Å². The number of aromatic hydroxyl groups is 2. The molecule has 0 unspecified atom stereocenters. The van der Waals surface area contributed by atoms with Crippen LogP contribution in [0.1, 0.15) is 0 Å². The van der Waals surface area contributed by atoms with Gasteiger partial charge in [0, 0.05) is 44.0 Å². The lowest BCUT2D eigenvalue weighted by atomic mass is 9.99. The quantitative estimate of drug-likeness (QED) is 0.350. The first-order chi connectivity index (χ1) is 14.8. The fourth-order valence-electron chi connectivity index (χ4n) is 4.08. The number of aromatic nitrogens is 2. The molecule has 0 saturated carbocycles. The Morgan fingerprint density at radius 3 is 1.74 bits per heavy atom. The van der Waals surface area contributed by atoms with Gasteiger partial charge >= 0.3 is 6.03 Å². The van der Waals surface area contributed by atoms with Gasteiger partial charge in [0.1, 0.15) is 0 Å². The molecule has 10 heteroatoms. The van der Waals surface area contributed by atoms with Crippen molar-refractivity contribution in [2.45, 2.75) is 18.6 Å². The molecule has 2 aromatic heterocycles. The van der Waals surface area contributed by atoms with Crippen molar-refractivity contribution >= 4 is 56.7 Å². The molecular formula is C21H16Cl2N4O4. The van der Waals surface area contributed by atoms with Gasteiger partial charge in [-0.25, -0.2) is 4.79 Å². The standard InChI is InChI=1S/C21H16Cl2N4O4/c22-13-1-3-15-11(5-13)7-26(17(15)28)9-21(19(30)24-20(31)25-21)10-27-8-12-6-14(23)2-4-16(12)18(27)29/h1-8,28-29H,9-10H2,(H2,24,25,30,31). The third-order valence-electron chi connectivity index (χ3n) is 5.54. The van der Waals surface area contributed by atoms with Gasteiger partial charge in [-0.15, -0.1) is 0 Å². The second-order valence-electron chi connectivity index (χ2n) is 7.61.